The fourth-order valence-electron chi connectivity index (χ4n) is 9.57. The first-order chi connectivity index (χ1) is 29.0. The van der Waals surface area contributed by atoms with Gasteiger partial charge in [0, 0.05) is 68.9 Å². The zero-order valence-electron chi connectivity index (χ0n) is 35.8. The van der Waals surface area contributed by atoms with Crippen LogP contribution in [0.5, 0.6) is 11.5 Å². The topological polar surface area (TPSA) is 143 Å². The summed E-state index contributed by atoms with van der Waals surface area (Å²) in [5.74, 6) is -0.767. The van der Waals surface area contributed by atoms with E-state index in [-0.39, 0.29) is 55.4 Å². The highest BCUT2D eigenvalue weighted by atomic mass is 32.2. The lowest BCUT2D eigenvalue weighted by Gasteiger charge is -2.59. The minimum Gasteiger partial charge on any atom is -0.492 e. The van der Waals surface area contributed by atoms with E-state index in [1.54, 1.807) is 34.8 Å². The summed E-state index contributed by atoms with van der Waals surface area (Å²) in [4.78, 5) is 13.3. The van der Waals surface area contributed by atoms with Crippen molar-refractivity contribution < 1.29 is 37.7 Å². The standard InChI is InChI=1S/C47H64N4O8S/c1-6-22-51(60(54,55)41-18-12-15-33-16-13-21-48-45(33)41)42-32-39(49-59-46(3,4)5)37-30-34(14-8-10-26-52)36(17-9-11-27-53)43-38-31-35(56-29-25-50-23-24-50)19-20-40(38)58-47(42,44(37)43)57-28-7-2/h7,12-13,15-16,18-21,30-31,34,36,42-44,52-53H,2,6,8-11,14,17,22-29,32H2,1,3-5H3. The second kappa shape index (κ2) is 19.0. The number of benzene rings is 2. The zero-order valence-corrected chi connectivity index (χ0v) is 36.6. The molecule has 0 spiro atoms. The first-order valence-electron chi connectivity index (χ1n) is 21.9. The Hall–Kier alpha value is -3.85. The summed E-state index contributed by atoms with van der Waals surface area (Å²) in [6.45, 7) is 15.9. The Morgan fingerprint density at radius 3 is 2.55 bits per heavy atom. The second-order valence-electron chi connectivity index (χ2n) is 17.6. The van der Waals surface area contributed by atoms with E-state index in [0.29, 0.717) is 42.8 Å². The van der Waals surface area contributed by atoms with Crippen molar-refractivity contribution in [3.63, 3.8) is 0 Å². The second-order valence-corrected chi connectivity index (χ2v) is 19.5. The van der Waals surface area contributed by atoms with Gasteiger partial charge < -0.3 is 29.3 Å². The molecule has 326 valence electrons. The summed E-state index contributed by atoms with van der Waals surface area (Å²) in [5, 5.41) is 25.5. The molecule has 1 aromatic heterocycles. The van der Waals surface area contributed by atoms with Crippen molar-refractivity contribution in [3.05, 3.63) is 84.6 Å². The minimum atomic E-state index is -4.25. The molecule has 0 radical (unpaired) electrons. The number of nitrogens with zero attached hydrogens (tertiary/aromatic N) is 4. The summed E-state index contributed by atoms with van der Waals surface area (Å²) >= 11 is 0. The molecule has 2 aliphatic heterocycles. The normalized spacial score (nSPS) is 25.7. The molecule has 2 aromatic carbocycles. The largest absolute Gasteiger partial charge is 0.492 e. The Bertz CT molecular complexity index is 2130. The van der Waals surface area contributed by atoms with Crippen LogP contribution in [0.3, 0.4) is 0 Å². The van der Waals surface area contributed by atoms with Crippen LogP contribution >= 0.6 is 0 Å². The minimum absolute atomic E-state index is 0.0493. The van der Waals surface area contributed by atoms with E-state index in [0.717, 1.165) is 67.6 Å². The fourth-order valence-corrected chi connectivity index (χ4v) is 11.5. The van der Waals surface area contributed by atoms with Crippen molar-refractivity contribution >= 4 is 26.6 Å². The molecule has 1 saturated heterocycles. The molecule has 2 N–H and O–H groups in total. The number of fused-ring (bicyclic) bond motifs is 3. The molecule has 7 rings (SSSR count). The van der Waals surface area contributed by atoms with Gasteiger partial charge in [-0.25, -0.2) is 8.42 Å². The van der Waals surface area contributed by atoms with Crippen molar-refractivity contribution in [3.8, 4) is 11.5 Å². The molecule has 60 heavy (non-hydrogen) atoms. The van der Waals surface area contributed by atoms with Crippen LogP contribution in [0.4, 0.5) is 0 Å². The number of allylic oxidation sites excluding steroid dienone is 1. The van der Waals surface area contributed by atoms with Crippen LogP contribution in [0.2, 0.25) is 0 Å². The Morgan fingerprint density at radius 2 is 1.83 bits per heavy atom. The summed E-state index contributed by atoms with van der Waals surface area (Å²) in [6.07, 6.45) is 10.9. The average molecular weight is 845 g/mol. The number of hydrogen-bond acceptors (Lipinski definition) is 11. The fraction of sp³-hybridized carbons (Fsp3) is 0.574. The van der Waals surface area contributed by atoms with E-state index in [2.05, 4.69) is 28.6 Å². The molecule has 1 saturated carbocycles. The van der Waals surface area contributed by atoms with Gasteiger partial charge in [0.15, 0.2) is 0 Å². The first-order valence-corrected chi connectivity index (χ1v) is 23.4. The average Bonchev–Trinajstić information content (AvgIpc) is 4.06. The molecule has 3 aromatic rings. The van der Waals surface area contributed by atoms with Crippen molar-refractivity contribution in [1.29, 1.82) is 0 Å². The Labute approximate surface area is 356 Å². The van der Waals surface area contributed by atoms with Gasteiger partial charge in [-0.2, -0.15) is 4.31 Å². The molecule has 6 atom stereocenters. The van der Waals surface area contributed by atoms with Crippen LogP contribution in [-0.4, -0.2) is 109 Å². The molecule has 4 aliphatic rings. The predicted octanol–water partition coefficient (Wildman–Crippen LogP) is 7.46. The lowest BCUT2D eigenvalue weighted by atomic mass is 9.55. The Balaban J connectivity index is 1.47. The van der Waals surface area contributed by atoms with E-state index in [9.17, 15) is 10.2 Å². The van der Waals surface area contributed by atoms with Gasteiger partial charge in [0.1, 0.15) is 28.6 Å². The van der Waals surface area contributed by atoms with Crippen molar-refractivity contribution in [2.75, 3.05) is 52.6 Å². The Morgan fingerprint density at radius 1 is 1.07 bits per heavy atom. The Kier molecular flexibility index (Phi) is 14.0. The van der Waals surface area contributed by atoms with Gasteiger partial charge in [-0.05, 0) is 101 Å². The van der Waals surface area contributed by atoms with Gasteiger partial charge in [0.05, 0.1) is 29.8 Å². The summed E-state index contributed by atoms with van der Waals surface area (Å²) in [6, 6.07) is 14.0. The number of sulfonamides is 1. The number of rotatable bonds is 21. The third kappa shape index (κ3) is 9.31. The van der Waals surface area contributed by atoms with Crippen molar-refractivity contribution in [2.24, 2.45) is 22.9 Å². The highest BCUT2D eigenvalue weighted by molar-refractivity contribution is 7.89. The number of aliphatic hydroxyl groups excluding tert-OH is 2. The van der Waals surface area contributed by atoms with Crippen LogP contribution in [0.1, 0.15) is 90.5 Å². The smallest absolute Gasteiger partial charge is 0.245 e. The van der Waals surface area contributed by atoms with E-state index in [1.807, 2.05) is 52.0 Å². The van der Waals surface area contributed by atoms with Gasteiger partial charge in [-0.3, -0.25) is 9.88 Å². The van der Waals surface area contributed by atoms with Gasteiger partial charge in [0.25, 0.3) is 0 Å². The number of ether oxygens (including phenoxy) is 3. The first kappa shape index (κ1) is 44.2. The number of aromatic nitrogens is 1. The number of unbranched alkanes of at least 4 members (excludes halogenated alkanes) is 2. The SMILES string of the molecule is C=CCOC12Oc3ccc(OCCN4CC4)cc3C3C(CCCCO)C(CCCCO)C=C(C(=NOC(C)(C)C)CC1N(CCC)S(=O)(=O)c1cccc4cccnc14)C32. The molecule has 2 aliphatic carbocycles. The zero-order chi connectivity index (χ0) is 42.5. The maximum Gasteiger partial charge on any atom is 0.245 e. The quantitative estimate of drug-likeness (QED) is 0.0480. The van der Waals surface area contributed by atoms with E-state index >= 15 is 8.42 Å². The lowest BCUT2D eigenvalue weighted by Crippen LogP contribution is -2.70. The molecular weight excluding hydrogens is 781 g/mol. The number of pyridine rings is 1. The molecule has 12 nitrogen and oxygen atoms in total. The number of para-hydroxylation sites is 1. The predicted molar refractivity (Wildman–Crippen MR) is 234 cm³/mol. The van der Waals surface area contributed by atoms with E-state index in [1.165, 1.54) is 0 Å². The molecule has 6 unspecified atom stereocenters. The third-order valence-electron chi connectivity index (χ3n) is 12.3. The van der Waals surface area contributed by atoms with Crippen LogP contribution in [0.15, 0.2) is 89.1 Å². The monoisotopic (exact) mass is 844 g/mol. The van der Waals surface area contributed by atoms with Crippen molar-refractivity contribution in [1.82, 2.24) is 14.2 Å². The van der Waals surface area contributed by atoms with Gasteiger partial charge in [-0.1, -0.05) is 55.3 Å². The van der Waals surface area contributed by atoms with Gasteiger partial charge in [-0.15, -0.1) is 6.58 Å². The molecule has 3 heterocycles. The van der Waals surface area contributed by atoms with Crippen LogP contribution in [-0.2, 0) is 19.6 Å². The highest BCUT2D eigenvalue weighted by Gasteiger charge is 2.66. The molecule has 0 bridgehead atoms. The third-order valence-corrected chi connectivity index (χ3v) is 14.2. The van der Waals surface area contributed by atoms with Gasteiger partial charge >= 0.3 is 0 Å². The maximum atomic E-state index is 15.5. The lowest BCUT2D eigenvalue weighted by molar-refractivity contribution is -0.251. The highest BCUT2D eigenvalue weighted by Crippen LogP contribution is 2.62. The summed E-state index contributed by atoms with van der Waals surface area (Å²) < 4.78 is 53.4. The summed E-state index contributed by atoms with van der Waals surface area (Å²) in [5.41, 5.74) is 2.34. The van der Waals surface area contributed by atoms with Crippen LogP contribution < -0.4 is 9.47 Å². The summed E-state index contributed by atoms with van der Waals surface area (Å²) in [7, 11) is -4.25. The van der Waals surface area contributed by atoms with E-state index < -0.39 is 33.4 Å². The maximum absolute atomic E-state index is 15.5. The van der Waals surface area contributed by atoms with Crippen LogP contribution in [0, 0.1) is 17.8 Å². The number of aliphatic hydroxyl groups is 2. The number of hydrogen-bond donors (Lipinski definition) is 2. The number of oxime groups is 1. The molecule has 2 fully saturated rings. The molecule has 13 heteroatoms. The van der Waals surface area contributed by atoms with Gasteiger partial charge in [0.2, 0.25) is 15.8 Å². The van der Waals surface area contributed by atoms with Crippen LogP contribution in [0.25, 0.3) is 10.9 Å². The molecular formula is C47H64N4O8S. The molecule has 0 amide bonds. The van der Waals surface area contributed by atoms with Crippen molar-refractivity contribution in [2.45, 2.75) is 107 Å². The van der Waals surface area contributed by atoms with E-state index in [4.69, 9.17) is 24.2 Å².